The lowest BCUT2D eigenvalue weighted by Gasteiger charge is -2.14. The van der Waals surface area contributed by atoms with Crippen LogP contribution in [0.4, 0.5) is 0 Å². The van der Waals surface area contributed by atoms with E-state index >= 15 is 0 Å². The van der Waals surface area contributed by atoms with Crippen LogP contribution in [0.3, 0.4) is 0 Å². The average Bonchev–Trinajstić information content (AvgIpc) is 2.90. The highest BCUT2D eigenvalue weighted by Crippen LogP contribution is 2.33. The standard InChI is InChI=1S/C23H28N4O3/c1-4-30-19-12-11-17(15(3)28)13-18(19)21-25-23(29)20-14(2)24-22(27(20)26-21)16-9-7-5-6-8-10-16/h11-13,16H,4-10H2,1-3H3,(H,25,26,29). The summed E-state index contributed by atoms with van der Waals surface area (Å²) in [6.45, 7) is 5.73. The number of imidazole rings is 1. The smallest absolute Gasteiger partial charge is 0.277 e. The first-order chi connectivity index (χ1) is 14.5. The predicted molar refractivity (Wildman–Crippen MR) is 115 cm³/mol. The number of fused-ring (bicyclic) bond motifs is 1. The second kappa shape index (κ2) is 8.42. The topological polar surface area (TPSA) is 89.3 Å². The Morgan fingerprint density at radius 3 is 2.63 bits per heavy atom. The number of rotatable bonds is 5. The number of ketones is 1. The molecule has 1 aliphatic carbocycles. The van der Waals surface area contributed by atoms with Crippen LogP contribution in [0, 0.1) is 6.92 Å². The third-order valence-electron chi connectivity index (χ3n) is 5.86. The molecule has 0 aliphatic heterocycles. The van der Waals surface area contributed by atoms with Gasteiger partial charge in [-0.15, -0.1) is 5.10 Å². The van der Waals surface area contributed by atoms with E-state index < -0.39 is 0 Å². The first-order valence-corrected chi connectivity index (χ1v) is 10.8. The molecule has 158 valence electrons. The minimum absolute atomic E-state index is 0.0552. The Bertz CT molecular complexity index is 1140. The van der Waals surface area contributed by atoms with Crippen molar-refractivity contribution in [2.24, 2.45) is 0 Å². The summed E-state index contributed by atoms with van der Waals surface area (Å²) in [5, 5.41) is 4.78. The molecule has 30 heavy (non-hydrogen) atoms. The first-order valence-electron chi connectivity index (χ1n) is 10.8. The molecule has 0 radical (unpaired) electrons. The Morgan fingerprint density at radius 2 is 1.97 bits per heavy atom. The lowest BCUT2D eigenvalue weighted by atomic mass is 10.00. The molecule has 0 atom stereocenters. The van der Waals surface area contributed by atoms with Gasteiger partial charge in [-0.3, -0.25) is 9.59 Å². The van der Waals surface area contributed by atoms with Crippen molar-refractivity contribution in [3.8, 4) is 17.1 Å². The molecule has 0 bridgehead atoms. The van der Waals surface area contributed by atoms with Gasteiger partial charge < -0.3 is 9.72 Å². The van der Waals surface area contributed by atoms with E-state index in [0.717, 1.165) is 18.7 Å². The molecule has 2 aromatic heterocycles. The Hall–Kier alpha value is -2.96. The van der Waals surface area contributed by atoms with E-state index in [0.29, 0.717) is 46.4 Å². The van der Waals surface area contributed by atoms with Crippen LogP contribution < -0.4 is 10.3 Å². The zero-order valence-electron chi connectivity index (χ0n) is 17.8. The molecular weight excluding hydrogens is 380 g/mol. The second-order valence-corrected chi connectivity index (χ2v) is 8.01. The molecule has 7 heteroatoms. The van der Waals surface area contributed by atoms with Crippen LogP contribution in [0.2, 0.25) is 0 Å². The highest BCUT2D eigenvalue weighted by molar-refractivity contribution is 5.95. The van der Waals surface area contributed by atoms with Crippen LogP contribution in [-0.2, 0) is 0 Å². The minimum Gasteiger partial charge on any atom is -0.493 e. The number of nitrogens with zero attached hydrogens (tertiary/aromatic N) is 3. The number of aryl methyl sites for hydroxylation is 1. The third kappa shape index (κ3) is 3.76. The zero-order valence-corrected chi connectivity index (χ0v) is 17.8. The molecule has 1 saturated carbocycles. The second-order valence-electron chi connectivity index (χ2n) is 8.01. The number of aromatic amines is 1. The van der Waals surface area contributed by atoms with Gasteiger partial charge in [0.05, 0.1) is 17.9 Å². The summed E-state index contributed by atoms with van der Waals surface area (Å²) in [6.07, 6.45) is 6.95. The quantitative estimate of drug-likeness (QED) is 0.498. The number of Topliss-reactive ketones (excluding diaryl/α,β-unsaturated/α-hetero) is 1. The van der Waals surface area contributed by atoms with Gasteiger partial charge in [0.15, 0.2) is 17.1 Å². The summed E-state index contributed by atoms with van der Waals surface area (Å²) in [7, 11) is 0. The van der Waals surface area contributed by atoms with Crippen molar-refractivity contribution in [3.05, 3.63) is 45.6 Å². The van der Waals surface area contributed by atoms with Gasteiger partial charge in [0.1, 0.15) is 11.6 Å². The molecule has 4 rings (SSSR count). The predicted octanol–water partition coefficient (Wildman–Crippen LogP) is 4.43. The Labute approximate surface area is 175 Å². The summed E-state index contributed by atoms with van der Waals surface area (Å²) in [5.41, 5.74) is 2.08. The Morgan fingerprint density at radius 1 is 1.23 bits per heavy atom. The van der Waals surface area contributed by atoms with Crippen LogP contribution in [0.25, 0.3) is 16.9 Å². The van der Waals surface area contributed by atoms with E-state index in [2.05, 4.69) is 4.98 Å². The van der Waals surface area contributed by atoms with Crippen LogP contribution in [0.5, 0.6) is 5.75 Å². The van der Waals surface area contributed by atoms with Crippen molar-refractivity contribution in [1.82, 2.24) is 19.6 Å². The maximum atomic E-state index is 13.0. The normalized spacial score (nSPS) is 15.3. The van der Waals surface area contributed by atoms with Crippen LogP contribution in [-0.4, -0.2) is 32.0 Å². The molecule has 7 nitrogen and oxygen atoms in total. The number of carbonyl (C=O) groups is 1. The van der Waals surface area contributed by atoms with Crippen molar-refractivity contribution in [2.45, 2.75) is 65.2 Å². The highest BCUT2D eigenvalue weighted by atomic mass is 16.5. The summed E-state index contributed by atoms with van der Waals surface area (Å²) >= 11 is 0. The van der Waals surface area contributed by atoms with E-state index in [9.17, 15) is 9.59 Å². The summed E-state index contributed by atoms with van der Waals surface area (Å²) < 4.78 is 7.47. The van der Waals surface area contributed by atoms with Gasteiger partial charge >= 0.3 is 0 Å². The van der Waals surface area contributed by atoms with Gasteiger partial charge in [0, 0.05) is 11.5 Å². The molecule has 1 fully saturated rings. The number of nitrogens with one attached hydrogen (secondary N) is 1. The molecule has 1 N–H and O–H groups in total. The molecule has 0 unspecified atom stereocenters. The van der Waals surface area contributed by atoms with Crippen molar-refractivity contribution >= 4 is 11.3 Å². The monoisotopic (exact) mass is 408 g/mol. The van der Waals surface area contributed by atoms with Gasteiger partial charge in [0.2, 0.25) is 0 Å². The fourth-order valence-corrected chi connectivity index (χ4v) is 4.33. The third-order valence-corrected chi connectivity index (χ3v) is 5.86. The number of benzene rings is 1. The van der Waals surface area contributed by atoms with E-state index in [-0.39, 0.29) is 11.3 Å². The summed E-state index contributed by atoms with van der Waals surface area (Å²) in [4.78, 5) is 32.5. The van der Waals surface area contributed by atoms with Gasteiger partial charge in [0.25, 0.3) is 5.56 Å². The largest absolute Gasteiger partial charge is 0.493 e. The highest BCUT2D eigenvalue weighted by Gasteiger charge is 2.24. The fourth-order valence-electron chi connectivity index (χ4n) is 4.33. The van der Waals surface area contributed by atoms with Crippen LogP contribution in [0.15, 0.2) is 23.0 Å². The fraction of sp³-hybridized carbons (Fsp3) is 0.478. The van der Waals surface area contributed by atoms with Gasteiger partial charge in [-0.2, -0.15) is 0 Å². The molecule has 2 heterocycles. The van der Waals surface area contributed by atoms with E-state index in [1.807, 2.05) is 13.8 Å². The Balaban J connectivity index is 1.91. The summed E-state index contributed by atoms with van der Waals surface area (Å²) in [6, 6.07) is 5.21. The number of carbonyl (C=O) groups excluding carboxylic acids is 1. The average molecular weight is 409 g/mol. The van der Waals surface area contributed by atoms with Crippen LogP contribution in [0.1, 0.15) is 80.2 Å². The minimum atomic E-state index is -0.236. The number of H-pyrrole nitrogens is 1. The maximum Gasteiger partial charge on any atom is 0.277 e. The number of hydrogen-bond donors (Lipinski definition) is 1. The van der Waals surface area contributed by atoms with Crippen molar-refractivity contribution < 1.29 is 9.53 Å². The molecule has 1 aromatic carbocycles. The molecule has 0 saturated heterocycles. The van der Waals surface area contributed by atoms with Gasteiger partial charge in [-0.25, -0.2) is 9.50 Å². The molecule has 1 aliphatic rings. The molecular formula is C23H28N4O3. The van der Waals surface area contributed by atoms with E-state index in [4.69, 9.17) is 14.8 Å². The molecule has 0 amide bonds. The summed E-state index contributed by atoms with van der Waals surface area (Å²) in [5.74, 6) is 2.06. The molecule has 0 spiro atoms. The van der Waals surface area contributed by atoms with Crippen LogP contribution >= 0.6 is 0 Å². The lowest BCUT2D eigenvalue weighted by Crippen LogP contribution is -2.17. The first kappa shape index (κ1) is 20.3. The zero-order chi connectivity index (χ0) is 21.3. The Kier molecular flexibility index (Phi) is 5.70. The van der Waals surface area contributed by atoms with E-state index in [1.165, 1.54) is 32.6 Å². The lowest BCUT2D eigenvalue weighted by molar-refractivity contribution is 0.101. The van der Waals surface area contributed by atoms with Crippen molar-refractivity contribution in [2.75, 3.05) is 6.61 Å². The van der Waals surface area contributed by atoms with Crippen molar-refractivity contribution in [1.29, 1.82) is 0 Å². The van der Waals surface area contributed by atoms with Crippen molar-refractivity contribution in [3.63, 3.8) is 0 Å². The van der Waals surface area contributed by atoms with Gasteiger partial charge in [-0.1, -0.05) is 25.7 Å². The number of ether oxygens (including phenoxy) is 1. The number of aromatic nitrogens is 4. The maximum absolute atomic E-state index is 13.0. The van der Waals surface area contributed by atoms with Gasteiger partial charge in [-0.05, 0) is 51.8 Å². The molecule has 3 aromatic rings. The SMILES string of the molecule is CCOc1ccc(C(C)=O)cc1-c1nn2c(C3CCCCCC3)nc(C)c2c(=O)[nH]1. The van der Waals surface area contributed by atoms with E-state index in [1.54, 1.807) is 22.7 Å². The number of hydrogen-bond acceptors (Lipinski definition) is 5.